The number of amides is 1. The van der Waals surface area contributed by atoms with Crippen LogP contribution in [0.1, 0.15) is 65.7 Å². The Bertz CT molecular complexity index is 372. The minimum atomic E-state index is -1.20. The Morgan fingerprint density at radius 3 is 2.55 bits per heavy atom. The fraction of sp³-hybridized carbons (Fsp3) is 0.944. The molecule has 1 saturated carbocycles. The molecule has 4 nitrogen and oxygen atoms in total. The largest absolute Gasteiger partial charge is 0.379 e. The van der Waals surface area contributed by atoms with Crippen LogP contribution in [0.2, 0.25) is 0 Å². The lowest BCUT2D eigenvalue weighted by Gasteiger charge is -2.40. The molecule has 0 bridgehead atoms. The first-order chi connectivity index (χ1) is 10.3. The number of nitrogens with one attached hydrogen (secondary N) is 1. The molecule has 2 aliphatic rings. The molecule has 0 aromatic carbocycles. The van der Waals surface area contributed by atoms with Gasteiger partial charge in [0.15, 0.2) is 5.60 Å². The highest BCUT2D eigenvalue weighted by Gasteiger charge is 2.42. The third-order valence-electron chi connectivity index (χ3n) is 4.98. The van der Waals surface area contributed by atoms with Crippen molar-refractivity contribution in [2.45, 2.75) is 71.3 Å². The summed E-state index contributed by atoms with van der Waals surface area (Å²) in [5.41, 5.74) is -1.03. The van der Waals surface area contributed by atoms with Crippen molar-refractivity contribution in [2.24, 2.45) is 11.3 Å². The van der Waals surface area contributed by atoms with Gasteiger partial charge in [0, 0.05) is 26.2 Å². The number of hydrogen-bond donors (Lipinski definition) is 2. The number of aliphatic hydroxyl groups is 1. The van der Waals surface area contributed by atoms with Crippen molar-refractivity contribution in [3.63, 3.8) is 0 Å². The van der Waals surface area contributed by atoms with Gasteiger partial charge in [0.25, 0.3) is 5.91 Å². The average molecular weight is 310 g/mol. The van der Waals surface area contributed by atoms with Crippen LogP contribution in [-0.2, 0) is 4.79 Å². The quantitative estimate of drug-likeness (QED) is 0.820. The molecular weight excluding hydrogens is 276 g/mol. The van der Waals surface area contributed by atoms with Crippen LogP contribution in [0.15, 0.2) is 0 Å². The van der Waals surface area contributed by atoms with Crippen molar-refractivity contribution in [1.29, 1.82) is 0 Å². The highest BCUT2D eigenvalue weighted by Crippen LogP contribution is 2.28. The van der Waals surface area contributed by atoms with E-state index >= 15 is 0 Å². The maximum absolute atomic E-state index is 12.7. The summed E-state index contributed by atoms with van der Waals surface area (Å²) in [6.45, 7) is 9.32. The molecule has 22 heavy (non-hydrogen) atoms. The van der Waals surface area contributed by atoms with Crippen LogP contribution < -0.4 is 5.32 Å². The second-order valence-corrected chi connectivity index (χ2v) is 8.55. The smallest absolute Gasteiger partial charge is 0.255 e. The first kappa shape index (κ1) is 17.7. The van der Waals surface area contributed by atoms with Crippen LogP contribution in [0.25, 0.3) is 0 Å². The number of carbonyl (C=O) groups excluding carboxylic acids is 1. The molecule has 1 heterocycles. The van der Waals surface area contributed by atoms with E-state index in [9.17, 15) is 9.90 Å². The maximum atomic E-state index is 12.7. The maximum Gasteiger partial charge on any atom is 0.255 e. The van der Waals surface area contributed by atoms with Crippen molar-refractivity contribution < 1.29 is 9.90 Å². The molecule has 1 unspecified atom stereocenters. The Morgan fingerprint density at radius 1 is 1.23 bits per heavy atom. The third-order valence-corrected chi connectivity index (χ3v) is 4.98. The summed E-state index contributed by atoms with van der Waals surface area (Å²) in [6, 6.07) is 0. The first-order valence-corrected chi connectivity index (χ1v) is 9.03. The number of rotatable bonds is 5. The second-order valence-electron chi connectivity index (χ2n) is 8.55. The summed E-state index contributed by atoms with van der Waals surface area (Å²) in [5.74, 6) is 0.591. The van der Waals surface area contributed by atoms with Crippen molar-refractivity contribution in [3.8, 4) is 0 Å². The zero-order valence-electron chi connectivity index (χ0n) is 14.7. The topological polar surface area (TPSA) is 52.6 Å². The second kappa shape index (κ2) is 7.31. The van der Waals surface area contributed by atoms with Crippen LogP contribution in [0.3, 0.4) is 0 Å². The molecule has 0 radical (unpaired) electrons. The van der Waals surface area contributed by atoms with Crippen molar-refractivity contribution in [1.82, 2.24) is 10.2 Å². The average Bonchev–Trinajstić information content (AvgIpc) is 2.44. The molecule has 1 atom stereocenters. The van der Waals surface area contributed by atoms with Crippen LogP contribution >= 0.6 is 0 Å². The molecule has 2 N–H and O–H groups in total. The van der Waals surface area contributed by atoms with E-state index in [0.717, 1.165) is 26.1 Å². The number of nitrogens with zero attached hydrogens (tertiary/aromatic N) is 1. The van der Waals surface area contributed by atoms with Crippen molar-refractivity contribution in [2.75, 3.05) is 26.2 Å². The number of likely N-dealkylation sites (tertiary alicyclic amines) is 1. The Morgan fingerprint density at radius 2 is 1.91 bits per heavy atom. The summed E-state index contributed by atoms with van der Waals surface area (Å²) < 4.78 is 0. The summed E-state index contributed by atoms with van der Waals surface area (Å²) in [6.07, 6.45) is 7.91. The predicted molar refractivity (Wildman–Crippen MR) is 89.7 cm³/mol. The van der Waals surface area contributed by atoms with E-state index in [1.54, 1.807) is 0 Å². The molecular formula is C18H34N2O2. The molecule has 128 valence electrons. The molecule has 0 aromatic rings. The van der Waals surface area contributed by atoms with Gasteiger partial charge in [0.2, 0.25) is 0 Å². The summed E-state index contributed by atoms with van der Waals surface area (Å²) in [5, 5.41) is 14.1. The summed E-state index contributed by atoms with van der Waals surface area (Å²) >= 11 is 0. The van der Waals surface area contributed by atoms with Crippen molar-refractivity contribution >= 4 is 5.91 Å². The third kappa shape index (κ3) is 4.95. The minimum absolute atomic E-state index is 0.0502. The van der Waals surface area contributed by atoms with Gasteiger partial charge in [-0.1, -0.05) is 40.0 Å². The van der Waals surface area contributed by atoms with Gasteiger partial charge in [-0.15, -0.1) is 0 Å². The lowest BCUT2D eigenvalue weighted by atomic mass is 9.86. The molecule has 1 aliphatic heterocycles. The zero-order chi connectivity index (χ0) is 16.2. The summed E-state index contributed by atoms with van der Waals surface area (Å²) in [4.78, 5) is 14.6. The predicted octanol–water partition coefficient (Wildman–Crippen LogP) is 2.56. The van der Waals surface area contributed by atoms with E-state index < -0.39 is 5.60 Å². The van der Waals surface area contributed by atoms with E-state index in [2.05, 4.69) is 26.1 Å². The highest BCUT2D eigenvalue weighted by molar-refractivity contribution is 5.86. The summed E-state index contributed by atoms with van der Waals surface area (Å²) in [7, 11) is 0. The lowest BCUT2D eigenvalue weighted by Crippen LogP contribution is -2.59. The van der Waals surface area contributed by atoms with Crippen molar-refractivity contribution in [3.05, 3.63) is 0 Å². The highest BCUT2D eigenvalue weighted by atomic mass is 16.3. The van der Waals surface area contributed by atoms with E-state index in [1.165, 1.54) is 32.1 Å². The number of carbonyl (C=O) groups is 1. The van der Waals surface area contributed by atoms with Gasteiger partial charge in [0.05, 0.1) is 0 Å². The minimum Gasteiger partial charge on any atom is -0.379 e. The Hall–Kier alpha value is -0.610. The Kier molecular flexibility index (Phi) is 5.89. The molecule has 0 spiro atoms. The monoisotopic (exact) mass is 310 g/mol. The first-order valence-electron chi connectivity index (χ1n) is 9.03. The van der Waals surface area contributed by atoms with Gasteiger partial charge in [-0.05, 0) is 37.0 Å². The number of piperidine rings is 1. The van der Waals surface area contributed by atoms with E-state index in [-0.39, 0.29) is 11.3 Å². The Labute approximate surface area is 135 Å². The molecule has 1 amide bonds. The number of hydrogen-bond acceptors (Lipinski definition) is 3. The fourth-order valence-corrected chi connectivity index (χ4v) is 3.73. The van der Waals surface area contributed by atoms with Gasteiger partial charge in [0.1, 0.15) is 0 Å². The van der Waals surface area contributed by atoms with Crippen LogP contribution in [0, 0.1) is 11.3 Å². The Balaban J connectivity index is 1.87. The van der Waals surface area contributed by atoms with Gasteiger partial charge in [-0.3, -0.25) is 4.79 Å². The molecule has 2 fully saturated rings. The zero-order valence-corrected chi connectivity index (χ0v) is 14.7. The standard InChI is InChI=1S/C18H34N2O2/c1-17(2,3)13-19-14-18(22)10-7-11-20(16(18)21)12-15-8-5-4-6-9-15/h15,19,22H,4-14H2,1-3H3. The van der Waals surface area contributed by atoms with Crippen LogP contribution in [-0.4, -0.2) is 47.7 Å². The molecule has 4 heteroatoms. The SMILES string of the molecule is CC(C)(C)CNCC1(O)CCCN(CC2CCCCC2)C1=O. The molecule has 1 saturated heterocycles. The molecule has 1 aliphatic carbocycles. The van der Waals surface area contributed by atoms with Crippen LogP contribution in [0.4, 0.5) is 0 Å². The van der Waals surface area contributed by atoms with Gasteiger partial charge in [-0.25, -0.2) is 0 Å². The van der Waals surface area contributed by atoms with Gasteiger partial charge < -0.3 is 15.3 Å². The van der Waals surface area contributed by atoms with Gasteiger partial charge >= 0.3 is 0 Å². The normalized spacial score (nSPS) is 28.2. The lowest BCUT2D eigenvalue weighted by molar-refractivity contribution is -0.157. The van der Waals surface area contributed by atoms with Gasteiger partial charge in [-0.2, -0.15) is 0 Å². The van der Waals surface area contributed by atoms with Crippen LogP contribution in [0.5, 0.6) is 0 Å². The fourth-order valence-electron chi connectivity index (χ4n) is 3.73. The molecule has 2 rings (SSSR count). The van der Waals surface area contributed by atoms with E-state index in [1.807, 2.05) is 4.90 Å². The van der Waals surface area contributed by atoms with E-state index in [4.69, 9.17) is 0 Å². The molecule has 0 aromatic heterocycles. The van der Waals surface area contributed by atoms with E-state index in [0.29, 0.717) is 18.9 Å².